The van der Waals surface area contributed by atoms with Gasteiger partial charge in [-0.25, -0.2) is 13.2 Å². The molecule has 0 N–H and O–H groups in total. The molecule has 2 rings (SSSR count). The van der Waals surface area contributed by atoms with E-state index in [-0.39, 0.29) is 24.0 Å². The van der Waals surface area contributed by atoms with Gasteiger partial charge in [-0.1, -0.05) is 28.1 Å². The Bertz CT molecular complexity index is 713. The lowest BCUT2D eigenvalue weighted by molar-refractivity contribution is 0.00859. The zero-order chi connectivity index (χ0) is 18.8. The average molecular weight is 433 g/mol. The number of nitrogens with zero attached hydrogens (tertiary/aromatic N) is 2. The first-order chi connectivity index (χ1) is 11.5. The van der Waals surface area contributed by atoms with Gasteiger partial charge >= 0.3 is 6.09 Å². The lowest BCUT2D eigenvalue weighted by Gasteiger charge is -2.39. The Labute approximate surface area is 158 Å². The molecular formula is C17H25BrN2O4S. The first-order valence-corrected chi connectivity index (χ1v) is 10.8. The molecule has 6 nitrogen and oxygen atoms in total. The van der Waals surface area contributed by atoms with Gasteiger partial charge in [-0.05, 0) is 45.4 Å². The summed E-state index contributed by atoms with van der Waals surface area (Å²) in [5.41, 5.74) is 0.444. The second-order valence-corrected chi connectivity index (χ2v) is 9.66. The van der Waals surface area contributed by atoms with Crippen molar-refractivity contribution < 1.29 is 17.9 Å². The van der Waals surface area contributed by atoms with Gasteiger partial charge in [0.1, 0.15) is 5.60 Å². The van der Waals surface area contributed by atoms with E-state index in [4.69, 9.17) is 4.74 Å². The molecule has 0 saturated carbocycles. The monoisotopic (exact) mass is 432 g/mol. The highest BCUT2D eigenvalue weighted by atomic mass is 79.9. The van der Waals surface area contributed by atoms with Gasteiger partial charge in [0.25, 0.3) is 0 Å². The minimum Gasteiger partial charge on any atom is -0.444 e. The normalized spacial score (nSPS) is 19.7. The van der Waals surface area contributed by atoms with Crippen molar-refractivity contribution in [2.24, 2.45) is 0 Å². The first-order valence-electron chi connectivity index (χ1n) is 8.19. The van der Waals surface area contributed by atoms with E-state index in [9.17, 15) is 13.2 Å². The van der Waals surface area contributed by atoms with Crippen LogP contribution >= 0.6 is 15.9 Å². The molecule has 0 bridgehead atoms. The van der Waals surface area contributed by atoms with Crippen LogP contribution < -0.4 is 0 Å². The van der Waals surface area contributed by atoms with Gasteiger partial charge in [-0.3, -0.25) is 0 Å². The first kappa shape index (κ1) is 20.2. The number of ether oxygens (including phenoxy) is 1. The highest BCUT2D eigenvalue weighted by Crippen LogP contribution is 2.22. The van der Waals surface area contributed by atoms with E-state index in [2.05, 4.69) is 15.9 Å². The van der Waals surface area contributed by atoms with Crippen LogP contribution in [0.5, 0.6) is 0 Å². The summed E-state index contributed by atoms with van der Waals surface area (Å²) in [6.07, 6.45) is -0.404. The Hall–Kier alpha value is -1.12. The minimum atomic E-state index is -3.56. The standard InChI is InChI=1S/C17H25BrN2O4S/c1-13-12-19(9-10-20(13)16(21)24-17(2,3)4)25(22,23)15-7-5-14(11-18)6-8-15/h5-8,13H,9-12H2,1-4H3. The Kier molecular flexibility index (Phi) is 6.17. The molecule has 1 aromatic rings. The Balaban J connectivity index is 2.09. The van der Waals surface area contributed by atoms with Crippen molar-refractivity contribution >= 4 is 32.0 Å². The van der Waals surface area contributed by atoms with Crippen LogP contribution in [0.2, 0.25) is 0 Å². The van der Waals surface area contributed by atoms with Crippen LogP contribution in [-0.2, 0) is 20.1 Å². The summed E-state index contributed by atoms with van der Waals surface area (Å²) in [6.45, 7) is 8.09. The molecule has 25 heavy (non-hydrogen) atoms. The van der Waals surface area contributed by atoms with Crippen LogP contribution in [0.15, 0.2) is 29.2 Å². The molecule has 1 aliphatic heterocycles. The third-order valence-corrected chi connectivity index (χ3v) is 6.46. The maximum absolute atomic E-state index is 12.8. The molecule has 1 unspecified atom stereocenters. The van der Waals surface area contributed by atoms with E-state index < -0.39 is 21.7 Å². The lowest BCUT2D eigenvalue weighted by atomic mass is 10.2. The van der Waals surface area contributed by atoms with Gasteiger partial charge < -0.3 is 9.64 Å². The van der Waals surface area contributed by atoms with Crippen molar-refractivity contribution in [1.82, 2.24) is 9.21 Å². The predicted octanol–water partition coefficient (Wildman–Crippen LogP) is 3.21. The number of carbonyl (C=O) groups excluding carboxylic acids is 1. The highest BCUT2D eigenvalue weighted by Gasteiger charge is 2.35. The van der Waals surface area contributed by atoms with E-state index >= 15 is 0 Å². The van der Waals surface area contributed by atoms with Crippen molar-refractivity contribution in [2.45, 2.75) is 49.6 Å². The maximum atomic E-state index is 12.8. The summed E-state index contributed by atoms with van der Waals surface area (Å²) in [7, 11) is -3.56. The molecule has 8 heteroatoms. The zero-order valence-corrected chi connectivity index (χ0v) is 17.4. The number of hydrogen-bond acceptors (Lipinski definition) is 4. The molecule has 1 atom stereocenters. The number of carbonyl (C=O) groups is 1. The van der Waals surface area contributed by atoms with Crippen molar-refractivity contribution in [3.8, 4) is 0 Å². The number of hydrogen-bond donors (Lipinski definition) is 0. The minimum absolute atomic E-state index is 0.250. The van der Waals surface area contributed by atoms with Crippen molar-refractivity contribution in [3.05, 3.63) is 29.8 Å². The van der Waals surface area contributed by atoms with Crippen molar-refractivity contribution in [3.63, 3.8) is 0 Å². The van der Waals surface area contributed by atoms with Crippen LogP contribution in [0.3, 0.4) is 0 Å². The van der Waals surface area contributed by atoms with Gasteiger partial charge in [0.15, 0.2) is 0 Å². The average Bonchev–Trinajstić information content (AvgIpc) is 2.53. The molecule has 1 saturated heterocycles. The van der Waals surface area contributed by atoms with Crippen LogP contribution in [-0.4, -0.2) is 55.0 Å². The fraction of sp³-hybridized carbons (Fsp3) is 0.588. The number of piperazine rings is 1. The van der Waals surface area contributed by atoms with E-state index in [0.717, 1.165) is 5.56 Å². The van der Waals surface area contributed by atoms with Crippen LogP contribution in [0.1, 0.15) is 33.3 Å². The summed E-state index contributed by atoms with van der Waals surface area (Å²) in [5.74, 6) is 0. The summed E-state index contributed by atoms with van der Waals surface area (Å²) in [5, 5.41) is 0.679. The van der Waals surface area contributed by atoms with Gasteiger partial charge in [0, 0.05) is 31.0 Å². The van der Waals surface area contributed by atoms with Crippen molar-refractivity contribution in [2.75, 3.05) is 19.6 Å². The third kappa shape index (κ3) is 4.95. The largest absolute Gasteiger partial charge is 0.444 e. The fourth-order valence-corrected chi connectivity index (χ4v) is 4.52. The van der Waals surface area contributed by atoms with Gasteiger partial charge in [-0.15, -0.1) is 0 Å². The number of halogens is 1. The predicted molar refractivity (Wildman–Crippen MR) is 100 cm³/mol. The molecule has 1 fully saturated rings. The Morgan fingerprint density at radius 3 is 2.32 bits per heavy atom. The highest BCUT2D eigenvalue weighted by molar-refractivity contribution is 9.08. The molecular weight excluding hydrogens is 408 g/mol. The molecule has 140 valence electrons. The van der Waals surface area contributed by atoms with Gasteiger partial charge in [0.05, 0.1) is 4.90 Å². The van der Waals surface area contributed by atoms with Crippen LogP contribution in [0.4, 0.5) is 4.79 Å². The van der Waals surface area contributed by atoms with E-state index in [1.54, 1.807) is 29.2 Å². The zero-order valence-electron chi connectivity index (χ0n) is 15.0. The van der Waals surface area contributed by atoms with E-state index in [1.165, 1.54) is 4.31 Å². The molecule has 1 aromatic carbocycles. The number of benzene rings is 1. The third-order valence-electron chi connectivity index (χ3n) is 3.93. The number of rotatable bonds is 3. The number of sulfonamides is 1. The SMILES string of the molecule is CC1CN(S(=O)(=O)c2ccc(CBr)cc2)CCN1C(=O)OC(C)(C)C. The Morgan fingerprint density at radius 1 is 1.24 bits per heavy atom. The Morgan fingerprint density at radius 2 is 1.84 bits per heavy atom. The topological polar surface area (TPSA) is 66.9 Å². The molecule has 1 heterocycles. The summed E-state index contributed by atoms with van der Waals surface area (Å²) < 4.78 is 32.5. The summed E-state index contributed by atoms with van der Waals surface area (Å²) in [6, 6.07) is 6.58. The lowest BCUT2D eigenvalue weighted by Crippen LogP contribution is -2.56. The van der Waals surface area contributed by atoms with E-state index in [0.29, 0.717) is 11.9 Å². The quantitative estimate of drug-likeness (QED) is 0.687. The van der Waals surface area contributed by atoms with Crippen LogP contribution in [0.25, 0.3) is 0 Å². The fourth-order valence-electron chi connectivity index (χ4n) is 2.63. The second-order valence-electron chi connectivity index (χ2n) is 7.16. The van der Waals surface area contributed by atoms with Gasteiger partial charge in [-0.2, -0.15) is 4.31 Å². The van der Waals surface area contributed by atoms with Gasteiger partial charge in [0.2, 0.25) is 10.0 Å². The molecule has 0 aromatic heterocycles. The number of amides is 1. The summed E-state index contributed by atoms with van der Waals surface area (Å²) >= 11 is 3.35. The second kappa shape index (κ2) is 7.63. The van der Waals surface area contributed by atoms with Crippen molar-refractivity contribution in [1.29, 1.82) is 0 Å². The summed E-state index contributed by atoms with van der Waals surface area (Å²) in [4.78, 5) is 14.1. The smallest absolute Gasteiger partial charge is 0.410 e. The molecule has 1 amide bonds. The van der Waals surface area contributed by atoms with Crippen LogP contribution in [0, 0.1) is 0 Å². The maximum Gasteiger partial charge on any atom is 0.410 e. The molecule has 0 radical (unpaired) electrons. The molecule has 0 spiro atoms. The molecule has 0 aliphatic carbocycles. The molecule has 1 aliphatic rings. The van der Waals surface area contributed by atoms with E-state index in [1.807, 2.05) is 27.7 Å². The number of alkyl halides is 1.